The van der Waals surface area contributed by atoms with Crippen LogP contribution in [-0.4, -0.2) is 44.0 Å². The number of thiocarbonyl (C=S) groups is 1. The predicted molar refractivity (Wildman–Crippen MR) is 178 cm³/mol. The topological polar surface area (TPSA) is 115 Å². The average molecular weight is 621 g/mol. The molecule has 0 bridgehead atoms. The van der Waals surface area contributed by atoms with Crippen molar-refractivity contribution in [2.45, 2.75) is 32.4 Å². The first-order valence-corrected chi connectivity index (χ1v) is 14.9. The lowest BCUT2D eigenvalue weighted by atomic mass is 9.96. The number of pyridine rings is 1. The fourth-order valence-electron chi connectivity index (χ4n) is 6.18. The van der Waals surface area contributed by atoms with Gasteiger partial charge in [-0.1, -0.05) is 42.5 Å². The van der Waals surface area contributed by atoms with Crippen molar-refractivity contribution in [1.29, 1.82) is 0 Å². The van der Waals surface area contributed by atoms with Gasteiger partial charge in [0.25, 0.3) is 5.69 Å². The molecule has 2 atom stereocenters. The Morgan fingerprint density at radius 2 is 1.84 bits per heavy atom. The number of hydrogen-bond acceptors (Lipinski definition) is 6. The van der Waals surface area contributed by atoms with Crippen LogP contribution in [0.1, 0.15) is 41.1 Å². The molecule has 1 aliphatic heterocycles. The Morgan fingerprint density at radius 1 is 1.07 bits per heavy atom. The molecule has 1 fully saturated rings. The zero-order chi connectivity index (χ0) is 31.7. The fourth-order valence-corrected chi connectivity index (χ4v) is 6.51. The number of non-ortho nitro benzene ring substituents is 1. The Labute approximate surface area is 265 Å². The highest BCUT2D eigenvalue weighted by atomic mass is 32.1. The highest BCUT2D eigenvalue weighted by Crippen LogP contribution is 2.42. The lowest BCUT2D eigenvalue weighted by Gasteiger charge is -2.28. The zero-order valence-corrected chi connectivity index (χ0v) is 25.9. The van der Waals surface area contributed by atoms with Crippen LogP contribution in [0.15, 0.2) is 91.1 Å². The zero-order valence-electron chi connectivity index (χ0n) is 25.1. The van der Waals surface area contributed by atoms with Gasteiger partial charge < -0.3 is 24.8 Å². The largest absolute Gasteiger partial charge is 0.495 e. The first kappa shape index (κ1) is 29.8. The van der Waals surface area contributed by atoms with Crippen LogP contribution >= 0.6 is 12.2 Å². The number of benzene rings is 3. The minimum Gasteiger partial charge on any atom is -0.495 e. The highest BCUT2D eigenvalue weighted by molar-refractivity contribution is 7.80. The second-order valence-electron chi connectivity index (χ2n) is 10.9. The van der Waals surface area contributed by atoms with Crippen molar-refractivity contribution in [2.24, 2.45) is 0 Å². The van der Waals surface area contributed by atoms with Gasteiger partial charge in [-0.25, -0.2) is 0 Å². The third-order valence-corrected chi connectivity index (χ3v) is 8.60. The van der Waals surface area contributed by atoms with Gasteiger partial charge in [-0.2, -0.15) is 0 Å². The van der Waals surface area contributed by atoms with E-state index in [1.165, 1.54) is 12.1 Å². The molecule has 1 amide bonds. The van der Waals surface area contributed by atoms with Gasteiger partial charge in [0.15, 0.2) is 5.11 Å². The Hall–Kier alpha value is -5.29. The second-order valence-corrected chi connectivity index (χ2v) is 11.3. The van der Waals surface area contributed by atoms with Gasteiger partial charge in [0.05, 0.1) is 35.5 Å². The molecule has 45 heavy (non-hydrogen) atoms. The van der Waals surface area contributed by atoms with E-state index in [9.17, 15) is 14.9 Å². The van der Waals surface area contributed by atoms with E-state index in [0.29, 0.717) is 23.1 Å². The smallest absolute Gasteiger partial charge is 0.271 e. The predicted octanol–water partition coefficient (Wildman–Crippen LogP) is 6.56. The number of carbonyl (C=O) groups excluding carboxylic acids is 1. The summed E-state index contributed by atoms with van der Waals surface area (Å²) in [5.74, 6) is 0.387. The minimum absolute atomic E-state index is 0.0336. The van der Waals surface area contributed by atoms with E-state index in [-0.39, 0.29) is 30.1 Å². The molecule has 0 radical (unpaired) electrons. The molecule has 0 spiro atoms. The lowest BCUT2D eigenvalue weighted by molar-refractivity contribution is -0.384. The van der Waals surface area contributed by atoms with Crippen LogP contribution in [0.4, 0.5) is 11.4 Å². The molecule has 0 saturated carbocycles. The highest BCUT2D eigenvalue weighted by Gasteiger charge is 2.41. The number of carbonyl (C=O) groups is 1. The quantitative estimate of drug-likeness (QED) is 0.108. The first-order chi connectivity index (χ1) is 21.8. The van der Waals surface area contributed by atoms with Gasteiger partial charge in [0.2, 0.25) is 5.91 Å². The number of nitrogens with one attached hydrogen (secondary N) is 2. The Balaban J connectivity index is 1.35. The van der Waals surface area contributed by atoms with Crippen LogP contribution in [0.2, 0.25) is 0 Å². The maximum Gasteiger partial charge on any atom is 0.271 e. The summed E-state index contributed by atoms with van der Waals surface area (Å²) in [4.78, 5) is 31.2. The van der Waals surface area contributed by atoms with Crippen LogP contribution < -0.4 is 15.4 Å². The summed E-state index contributed by atoms with van der Waals surface area (Å²) in [6.45, 7) is 4.29. The van der Waals surface area contributed by atoms with Crippen molar-refractivity contribution in [1.82, 2.24) is 19.8 Å². The molecule has 3 aromatic carbocycles. The Morgan fingerprint density at radius 3 is 2.60 bits per heavy atom. The number of amides is 1. The van der Waals surface area contributed by atoms with E-state index in [1.807, 2.05) is 84.0 Å². The first-order valence-electron chi connectivity index (χ1n) is 14.5. The van der Waals surface area contributed by atoms with Crippen molar-refractivity contribution in [3.05, 3.63) is 124 Å². The van der Waals surface area contributed by atoms with Gasteiger partial charge in [-0.3, -0.25) is 19.9 Å². The second kappa shape index (κ2) is 12.4. The van der Waals surface area contributed by atoms with Crippen molar-refractivity contribution in [3.8, 4) is 11.4 Å². The van der Waals surface area contributed by atoms with Gasteiger partial charge in [0, 0.05) is 53.8 Å². The molecule has 11 heteroatoms. The van der Waals surface area contributed by atoms with Crippen LogP contribution in [0.25, 0.3) is 16.5 Å². The summed E-state index contributed by atoms with van der Waals surface area (Å²) in [7, 11) is 1.54. The summed E-state index contributed by atoms with van der Waals surface area (Å²) < 4.78 is 7.57. The van der Waals surface area contributed by atoms with E-state index in [4.69, 9.17) is 17.0 Å². The summed E-state index contributed by atoms with van der Waals surface area (Å²) in [6, 6.07) is 25.5. The van der Waals surface area contributed by atoms with Crippen molar-refractivity contribution in [3.63, 3.8) is 0 Å². The van der Waals surface area contributed by atoms with Crippen molar-refractivity contribution >= 4 is 45.4 Å². The van der Waals surface area contributed by atoms with Crippen LogP contribution in [-0.2, 0) is 4.79 Å². The van der Waals surface area contributed by atoms with E-state index < -0.39 is 4.92 Å². The third-order valence-electron chi connectivity index (χ3n) is 8.24. The normalized spacial score (nSPS) is 16.1. The summed E-state index contributed by atoms with van der Waals surface area (Å²) in [5.41, 5.74) is 4.80. The maximum absolute atomic E-state index is 13.3. The standard InChI is InChI=1S/C34H32N6O4S/c1-21-19-26(22(2)39(21)29-20-24(40(42)43)14-15-30(29)44-3)33-32(28-12-6-7-17-35-28)37-34(45)38(33)18-16-31(41)36-27-13-8-10-23-9-4-5-11-25(23)27/h4-15,17,19-20,32-33H,16,18H2,1-3H3,(H,36,41)(H,37,45)/t32-,33+/m0/s1. The number of hydrogen-bond donors (Lipinski definition) is 2. The van der Waals surface area contributed by atoms with Crippen molar-refractivity contribution < 1.29 is 14.5 Å². The van der Waals surface area contributed by atoms with Gasteiger partial charge in [-0.05, 0) is 67.3 Å². The van der Waals surface area contributed by atoms with Gasteiger partial charge in [0.1, 0.15) is 5.75 Å². The average Bonchev–Trinajstić information content (AvgIpc) is 3.53. The SMILES string of the molecule is COc1ccc([N+](=O)[O-])cc1-n1c(C)cc([C@@H]2[C@H](c3ccccn3)NC(=S)N2CCC(=O)Nc2cccc3ccccc23)c1C. The molecule has 1 saturated heterocycles. The van der Waals surface area contributed by atoms with E-state index >= 15 is 0 Å². The molecular weight excluding hydrogens is 588 g/mol. The van der Waals surface area contributed by atoms with Crippen molar-refractivity contribution in [2.75, 3.05) is 19.0 Å². The number of aryl methyl sites for hydroxylation is 1. The molecule has 0 aliphatic carbocycles. The number of aromatic nitrogens is 2. The number of rotatable bonds is 9. The van der Waals surface area contributed by atoms with Crippen LogP contribution in [0.3, 0.4) is 0 Å². The van der Waals surface area contributed by atoms with Crippen LogP contribution in [0, 0.1) is 24.0 Å². The summed E-state index contributed by atoms with van der Waals surface area (Å²) in [5, 5.41) is 20.7. The van der Waals surface area contributed by atoms with Gasteiger partial charge in [-0.15, -0.1) is 0 Å². The summed E-state index contributed by atoms with van der Waals surface area (Å²) >= 11 is 5.85. The molecule has 10 nitrogen and oxygen atoms in total. The molecular formula is C34H32N6O4S. The summed E-state index contributed by atoms with van der Waals surface area (Å²) in [6.07, 6.45) is 1.95. The number of methoxy groups -OCH3 is 1. The monoisotopic (exact) mass is 620 g/mol. The maximum atomic E-state index is 13.3. The number of fused-ring (bicyclic) bond motifs is 1. The molecule has 2 N–H and O–H groups in total. The van der Waals surface area contributed by atoms with E-state index in [1.54, 1.807) is 19.4 Å². The van der Waals surface area contributed by atoms with Crippen LogP contribution in [0.5, 0.6) is 5.75 Å². The number of nitrogens with zero attached hydrogens (tertiary/aromatic N) is 4. The number of ether oxygens (including phenoxy) is 1. The Bertz CT molecular complexity index is 1920. The minimum atomic E-state index is -0.417. The molecule has 1 aliphatic rings. The molecule has 6 rings (SSSR count). The fraction of sp³-hybridized carbons (Fsp3) is 0.206. The number of anilines is 1. The lowest BCUT2D eigenvalue weighted by Crippen LogP contribution is -2.33. The molecule has 0 unspecified atom stereocenters. The molecule has 3 heterocycles. The molecule has 5 aromatic rings. The Kier molecular flexibility index (Phi) is 8.18. The molecule has 228 valence electrons. The number of nitro groups is 1. The van der Waals surface area contributed by atoms with E-state index in [0.717, 1.165) is 39.1 Å². The number of nitro benzene ring substituents is 1. The molecule has 2 aromatic heterocycles. The van der Waals surface area contributed by atoms with Gasteiger partial charge >= 0.3 is 0 Å². The third kappa shape index (κ3) is 5.69. The van der Waals surface area contributed by atoms with E-state index in [2.05, 4.69) is 21.7 Å².